The van der Waals surface area contributed by atoms with E-state index >= 15 is 0 Å². The highest BCUT2D eigenvalue weighted by atomic mass is 79.9. The van der Waals surface area contributed by atoms with E-state index in [2.05, 4.69) is 64.5 Å². The van der Waals surface area contributed by atoms with Crippen molar-refractivity contribution >= 4 is 15.9 Å². The zero-order valence-corrected chi connectivity index (χ0v) is 13.1. The Morgan fingerprint density at radius 3 is 2.89 bits per heavy atom. The van der Waals surface area contributed by atoms with Crippen LogP contribution in [0.1, 0.15) is 25.1 Å². The van der Waals surface area contributed by atoms with E-state index in [4.69, 9.17) is 0 Å². The van der Waals surface area contributed by atoms with Gasteiger partial charge in [0.1, 0.15) is 0 Å². The molecular formula is C14H19BrN4. The minimum Gasteiger partial charge on any atom is -0.311 e. The highest BCUT2D eigenvalue weighted by Crippen LogP contribution is 2.19. The van der Waals surface area contributed by atoms with Crippen molar-refractivity contribution < 1.29 is 0 Å². The lowest BCUT2D eigenvalue weighted by molar-refractivity contribution is 0.548. The summed E-state index contributed by atoms with van der Waals surface area (Å²) in [5.41, 5.74) is 3.19. The van der Waals surface area contributed by atoms with Crippen LogP contribution in [-0.4, -0.2) is 21.5 Å². The van der Waals surface area contributed by atoms with Crippen molar-refractivity contribution in [1.82, 2.24) is 20.3 Å². The van der Waals surface area contributed by atoms with Crippen molar-refractivity contribution in [3.05, 3.63) is 40.1 Å². The molecule has 0 unspecified atom stereocenters. The molecule has 1 N–H and O–H groups in total. The SMILES string of the molecule is Cc1ccc(Br)cc1-n1cc(CNCC(C)C)nn1. The zero-order chi connectivity index (χ0) is 13.8. The van der Waals surface area contributed by atoms with E-state index in [9.17, 15) is 0 Å². The maximum absolute atomic E-state index is 4.20. The normalized spacial score (nSPS) is 11.2. The molecule has 0 aliphatic heterocycles. The fourth-order valence-electron chi connectivity index (χ4n) is 1.82. The van der Waals surface area contributed by atoms with E-state index in [1.54, 1.807) is 0 Å². The Morgan fingerprint density at radius 2 is 2.16 bits per heavy atom. The van der Waals surface area contributed by atoms with Crippen molar-refractivity contribution in [1.29, 1.82) is 0 Å². The van der Waals surface area contributed by atoms with E-state index < -0.39 is 0 Å². The molecule has 0 aliphatic carbocycles. The highest BCUT2D eigenvalue weighted by Gasteiger charge is 2.06. The molecule has 0 spiro atoms. The Hall–Kier alpha value is -1.20. The van der Waals surface area contributed by atoms with Crippen LogP contribution in [0.2, 0.25) is 0 Å². The third-order valence-electron chi connectivity index (χ3n) is 2.82. The summed E-state index contributed by atoms with van der Waals surface area (Å²) in [7, 11) is 0. The summed E-state index contributed by atoms with van der Waals surface area (Å²) >= 11 is 3.48. The zero-order valence-electron chi connectivity index (χ0n) is 11.5. The van der Waals surface area contributed by atoms with Gasteiger partial charge in [0.05, 0.1) is 17.6 Å². The van der Waals surface area contributed by atoms with Crippen LogP contribution < -0.4 is 5.32 Å². The lowest BCUT2D eigenvalue weighted by atomic mass is 10.2. The lowest BCUT2D eigenvalue weighted by Crippen LogP contribution is -2.19. The number of halogens is 1. The molecule has 102 valence electrons. The van der Waals surface area contributed by atoms with Crippen molar-refractivity contribution in [3.8, 4) is 5.69 Å². The molecule has 1 heterocycles. The summed E-state index contributed by atoms with van der Waals surface area (Å²) in [6.45, 7) is 8.19. The predicted molar refractivity (Wildman–Crippen MR) is 80.3 cm³/mol. The van der Waals surface area contributed by atoms with Gasteiger partial charge in [0.2, 0.25) is 0 Å². The Labute approximate surface area is 122 Å². The van der Waals surface area contributed by atoms with Crippen LogP contribution >= 0.6 is 15.9 Å². The van der Waals surface area contributed by atoms with Gasteiger partial charge in [-0.25, -0.2) is 4.68 Å². The molecule has 5 heteroatoms. The summed E-state index contributed by atoms with van der Waals surface area (Å²) in [5.74, 6) is 0.641. The highest BCUT2D eigenvalue weighted by molar-refractivity contribution is 9.10. The molecule has 0 saturated heterocycles. The Bertz CT molecular complexity index is 548. The molecule has 0 atom stereocenters. The number of nitrogens with one attached hydrogen (secondary N) is 1. The number of nitrogens with zero attached hydrogens (tertiary/aromatic N) is 3. The van der Waals surface area contributed by atoms with Crippen molar-refractivity contribution in [2.24, 2.45) is 5.92 Å². The van der Waals surface area contributed by atoms with Gasteiger partial charge in [0.15, 0.2) is 0 Å². The first-order valence-corrected chi connectivity index (χ1v) is 7.24. The van der Waals surface area contributed by atoms with Gasteiger partial charge < -0.3 is 5.32 Å². The first-order chi connectivity index (χ1) is 9.06. The molecule has 0 fully saturated rings. The van der Waals surface area contributed by atoms with Gasteiger partial charge in [-0.15, -0.1) is 5.10 Å². The summed E-state index contributed by atoms with van der Waals surface area (Å²) in [6.07, 6.45) is 1.97. The van der Waals surface area contributed by atoms with Crippen LogP contribution in [0.15, 0.2) is 28.9 Å². The maximum atomic E-state index is 4.20. The average molecular weight is 323 g/mol. The molecule has 1 aromatic carbocycles. The first kappa shape index (κ1) is 14.2. The Balaban J connectivity index is 2.10. The van der Waals surface area contributed by atoms with E-state index in [0.717, 1.165) is 28.9 Å². The van der Waals surface area contributed by atoms with Crippen LogP contribution in [0, 0.1) is 12.8 Å². The summed E-state index contributed by atoms with van der Waals surface area (Å²) in [5, 5.41) is 11.8. The predicted octanol–water partition coefficient (Wildman–Crippen LogP) is 3.08. The van der Waals surface area contributed by atoms with Gasteiger partial charge in [-0.2, -0.15) is 0 Å². The molecule has 2 aromatic rings. The monoisotopic (exact) mass is 322 g/mol. The third-order valence-corrected chi connectivity index (χ3v) is 3.31. The third kappa shape index (κ3) is 3.88. The topological polar surface area (TPSA) is 42.7 Å². The van der Waals surface area contributed by atoms with Crippen LogP contribution in [-0.2, 0) is 6.54 Å². The number of hydrogen-bond acceptors (Lipinski definition) is 3. The maximum Gasteiger partial charge on any atom is 0.0969 e. The molecule has 19 heavy (non-hydrogen) atoms. The molecule has 0 saturated carbocycles. The number of aryl methyl sites for hydroxylation is 1. The smallest absolute Gasteiger partial charge is 0.0969 e. The molecule has 0 bridgehead atoms. The average Bonchev–Trinajstić information content (AvgIpc) is 2.80. The molecular weight excluding hydrogens is 304 g/mol. The minimum atomic E-state index is 0.641. The van der Waals surface area contributed by atoms with Gasteiger partial charge in [-0.3, -0.25) is 0 Å². The van der Waals surface area contributed by atoms with Crippen molar-refractivity contribution in [2.45, 2.75) is 27.3 Å². The quantitative estimate of drug-likeness (QED) is 0.919. The molecule has 0 amide bonds. The van der Waals surface area contributed by atoms with Gasteiger partial charge in [-0.1, -0.05) is 41.1 Å². The Kier molecular flexibility index (Phi) is 4.71. The van der Waals surface area contributed by atoms with Gasteiger partial charge in [-0.05, 0) is 37.1 Å². The summed E-state index contributed by atoms with van der Waals surface area (Å²) < 4.78 is 2.87. The van der Waals surface area contributed by atoms with Crippen LogP contribution in [0.3, 0.4) is 0 Å². The van der Waals surface area contributed by atoms with Crippen LogP contribution in [0.4, 0.5) is 0 Å². The second-order valence-electron chi connectivity index (χ2n) is 5.11. The van der Waals surface area contributed by atoms with Gasteiger partial charge in [0.25, 0.3) is 0 Å². The number of benzene rings is 1. The van der Waals surface area contributed by atoms with Crippen molar-refractivity contribution in [3.63, 3.8) is 0 Å². The fraction of sp³-hybridized carbons (Fsp3) is 0.429. The Morgan fingerprint density at radius 1 is 1.37 bits per heavy atom. The molecule has 0 radical (unpaired) electrons. The van der Waals surface area contributed by atoms with Crippen molar-refractivity contribution in [2.75, 3.05) is 6.54 Å². The minimum absolute atomic E-state index is 0.641. The summed E-state index contributed by atoms with van der Waals surface area (Å²) in [4.78, 5) is 0. The van der Waals surface area contributed by atoms with E-state index in [1.165, 1.54) is 5.56 Å². The number of rotatable bonds is 5. The summed E-state index contributed by atoms with van der Waals surface area (Å²) in [6, 6.07) is 6.15. The van der Waals surface area contributed by atoms with E-state index in [1.807, 2.05) is 16.9 Å². The van der Waals surface area contributed by atoms with Crippen LogP contribution in [0.25, 0.3) is 5.69 Å². The largest absolute Gasteiger partial charge is 0.311 e. The second-order valence-corrected chi connectivity index (χ2v) is 6.03. The molecule has 2 rings (SSSR count). The van der Waals surface area contributed by atoms with Gasteiger partial charge >= 0.3 is 0 Å². The number of aromatic nitrogens is 3. The molecule has 0 aliphatic rings. The van der Waals surface area contributed by atoms with E-state index in [0.29, 0.717) is 5.92 Å². The first-order valence-electron chi connectivity index (χ1n) is 6.44. The standard InChI is InChI=1S/C14H19BrN4/c1-10(2)7-16-8-13-9-19(18-17-13)14-6-12(15)5-4-11(14)3/h4-6,9-10,16H,7-8H2,1-3H3. The van der Waals surface area contributed by atoms with Crippen LogP contribution in [0.5, 0.6) is 0 Å². The molecule has 4 nitrogen and oxygen atoms in total. The fourth-order valence-corrected chi connectivity index (χ4v) is 2.16. The second kappa shape index (κ2) is 6.30. The van der Waals surface area contributed by atoms with Gasteiger partial charge in [0, 0.05) is 11.0 Å². The van der Waals surface area contributed by atoms with E-state index in [-0.39, 0.29) is 0 Å². The molecule has 1 aromatic heterocycles. The number of hydrogen-bond donors (Lipinski definition) is 1. The lowest BCUT2D eigenvalue weighted by Gasteiger charge is -2.05.